The van der Waals surface area contributed by atoms with Crippen LogP contribution in [0.2, 0.25) is 5.02 Å². The molecule has 2 atom stereocenters. The highest BCUT2D eigenvalue weighted by atomic mass is 35.5. The number of aromatic nitrogens is 1. The monoisotopic (exact) mass is 466 g/mol. The van der Waals surface area contributed by atoms with Crippen molar-refractivity contribution >= 4 is 34.2 Å². The molecule has 0 bridgehead atoms. The van der Waals surface area contributed by atoms with Gasteiger partial charge in [0.15, 0.2) is 0 Å². The first-order chi connectivity index (χ1) is 15.1. The molecule has 2 aliphatic rings. The lowest BCUT2D eigenvalue weighted by Crippen LogP contribution is -2.49. The Morgan fingerprint density at radius 2 is 2.09 bits per heavy atom. The molecule has 4 rings (SSSR count). The van der Waals surface area contributed by atoms with Gasteiger partial charge in [0.2, 0.25) is 0 Å². The number of nitrogens with zero attached hydrogens (tertiary/aromatic N) is 3. The van der Waals surface area contributed by atoms with Crippen LogP contribution >= 0.6 is 11.6 Å². The molecule has 1 saturated heterocycles. The van der Waals surface area contributed by atoms with Gasteiger partial charge in [-0.1, -0.05) is 11.6 Å². The van der Waals surface area contributed by atoms with Crippen LogP contribution < -0.4 is 10.2 Å². The van der Waals surface area contributed by atoms with Crippen LogP contribution in [0, 0.1) is 0 Å². The van der Waals surface area contributed by atoms with Crippen LogP contribution in [0.3, 0.4) is 0 Å². The van der Waals surface area contributed by atoms with Gasteiger partial charge in [-0.2, -0.15) is 0 Å². The third kappa shape index (κ3) is 4.82. The van der Waals surface area contributed by atoms with Crippen LogP contribution in [0.25, 0.3) is 10.9 Å². The Balaban J connectivity index is 1.53. The number of halogens is 3. The predicted octanol–water partition coefficient (Wildman–Crippen LogP) is 3.70. The molecule has 0 spiro atoms. The molecule has 0 radical (unpaired) electrons. The average molecular weight is 467 g/mol. The fourth-order valence-electron chi connectivity index (χ4n) is 4.76. The van der Waals surface area contributed by atoms with E-state index >= 15 is 0 Å². The van der Waals surface area contributed by atoms with Crippen molar-refractivity contribution in [3.05, 3.63) is 34.9 Å². The molecule has 1 aromatic heterocycles. The summed E-state index contributed by atoms with van der Waals surface area (Å²) >= 11 is 6.33. The summed E-state index contributed by atoms with van der Waals surface area (Å²) in [5.41, 5.74) is -0.756. The van der Waals surface area contributed by atoms with Crippen molar-refractivity contribution in [2.75, 3.05) is 38.6 Å². The molecule has 2 heterocycles. The molecule has 1 saturated carbocycles. The van der Waals surface area contributed by atoms with Crippen LogP contribution in [-0.4, -0.2) is 72.2 Å². The highest BCUT2D eigenvalue weighted by molar-refractivity contribution is 6.35. The summed E-state index contributed by atoms with van der Waals surface area (Å²) in [6, 6.07) is 7.56. The van der Waals surface area contributed by atoms with Crippen LogP contribution in [0.15, 0.2) is 24.3 Å². The van der Waals surface area contributed by atoms with Gasteiger partial charge in [0.05, 0.1) is 21.7 Å². The minimum atomic E-state index is -2.92. The maximum absolute atomic E-state index is 13.7. The zero-order chi connectivity index (χ0) is 23.1. The van der Waals surface area contributed by atoms with Gasteiger partial charge < -0.3 is 20.2 Å². The molecular weight excluding hydrogens is 438 g/mol. The van der Waals surface area contributed by atoms with Gasteiger partial charge in [0, 0.05) is 43.9 Å². The Hall–Kier alpha value is -2.03. The number of carbonyl (C=O) groups excluding carboxylic acids is 1. The fourth-order valence-corrected chi connectivity index (χ4v) is 5.01. The lowest BCUT2D eigenvalue weighted by molar-refractivity contribution is -0.121. The van der Waals surface area contributed by atoms with Gasteiger partial charge in [0.1, 0.15) is 5.82 Å². The minimum absolute atomic E-state index is 0.215. The summed E-state index contributed by atoms with van der Waals surface area (Å²) in [4.78, 5) is 22.1. The lowest BCUT2D eigenvalue weighted by Gasteiger charge is -2.36. The van der Waals surface area contributed by atoms with Crippen LogP contribution in [0.1, 0.15) is 42.5 Å². The average Bonchev–Trinajstić information content (AvgIpc) is 3.21. The summed E-state index contributed by atoms with van der Waals surface area (Å²) in [5.74, 6) is -2.59. The third-order valence-electron chi connectivity index (χ3n) is 6.60. The predicted molar refractivity (Wildman–Crippen MR) is 122 cm³/mol. The molecule has 1 aliphatic heterocycles. The van der Waals surface area contributed by atoms with Crippen molar-refractivity contribution in [2.24, 2.45) is 0 Å². The Morgan fingerprint density at radius 1 is 1.31 bits per heavy atom. The van der Waals surface area contributed by atoms with Gasteiger partial charge in [-0.15, -0.1) is 0 Å². The zero-order valence-electron chi connectivity index (χ0n) is 18.4. The number of pyridine rings is 1. The van der Waals surface area contributed by atoms with E-state index in [4.69, 9.17) is 16.6 Å². The number of likely N-dealkylation sites (N-methyl/N-ethyl adjacent to an activating group) is 1. The molecule has 1 amide bonds. The molecule has 174 valence electrons. The number of anilines is 1. The number of hydrogen-bond donors (Lipinski definition) is 2. The Labute approximate surface area is 191 Å². The van der Waals surface area contributed by atoms with E-state index in [1.807, 2.05) is 12.1 Å². The van der Waals surface area contributed by atoms with E-state index in [0.717, 1.165) is 25.3 Å². The molecule has 9 heteroatoms. The molecule has 1 aromatic carbocycles. The van der Waals surface area contributed by atoms with Gasteiger partial charge in [0.25, 0.3) is 11.8 Å². The maximum atomic E-state index is 13.7. The normalized spacial score (nSPS) is 25.5. The largest absolute Gasteiger partial charge is 0.388 e. The summed E-state index contributed by atoms with van der Waals surface area (Å²) in [7, 11) is 4.14. The first-order valence-electron chi connectivity index (χ1n) is 11.0. The van der Waals surface area contributed by atoms with E-state index in [9.17, 15) is 18.7 Å². The summed E-state index contributed by atoms with van der Waals surface area (Å²) in [5, 5.41) is 14.0. The molecule has 32 heavy (non-hydrogen) atoms. The Bertz CT molecular complexity index is 1020. The quantitative estimate of drug-likeness (QED) is 0.703. The summed E-state index contributed by atoms with van der Waals surface area (Å²) in [6.45, 7) is 1.54. The summed E-state index contributed by atoms with van der Waals surface area (Å²) < 4.78 is 27.5. The number of nitrogens with one attached hydrogen (secondary N) is 1. The molecule has 1 aliphatic carbocycles. The standard InChI is InChI=1S/C23H29ClF2N4O2/c1-29(2)15-8-11-30(12-15)19-7-4-16-18(28-19)6-5-17(24)20(16)21(31)27-14-22(32)9-3-10-23(25,26)13-22/h4-7,15,32H,3,8-14H2,1-2H3,(H,27,31)/t15-,22?/m1/s1. The third-order valence-corrected chi connectivity index (χ3v) is 6.92. The van der Waals surface area contributed by atoms with Crippen molar-refractivity contribution in [3.63, 3.8) is 0 Å². The molecular formula is C23H29ClF2N4O2. The highest BCUT2D eigenvalue weighted by Gasteiger charge is 2.44. The van der Waals surface area contributed by atoms with Crippen LogP contribution in [0.5, 0.6) is 0 Å². The second-order valence-corrected chi connectivity index (χ2v) is 9.71. The van der Waals surface area contributed by atoms with Crippen LogP contribution in [-0.2, 0) is 0 Å². The van der Waals surface area contributed by atoms with E-state index < -0.39 is 23.9 Å². The number of amides is 1. The smallest absolute Gasteiger partial charge is 0.253 e. The van der Waals surface area contributed by atoms with Crippen molar-refractivity contribution < 1.29 is 18.7 Å². The van der Waals surface area contributed by atoms with E-state index in [2.05, 4.69) is 29.2 Å². The maximum Gasteiger partial charge on any atom is 0.253 e. The minimum Gasteiger partial charge on any atom is -0.388 e. The highest BCUT2D eigenvalue weighted by Crippen LogP contribution is 2.39. The number of rotatable bonds is 5. The SMILES string of the molecule is CN(C)[C@@H]1CCN(c2ccc3c(C(=O)NCC4(O)CCCC(F)(F)C4)c(Cl)ccc3n2)C1. The zero-order valence-corrected chi connectivity index (χ0v) is 19.1. The molecule has 6 nitrogen and oxygen atoms in total. The van der Waals surface area contributed by atoms with Gasteiger partial charge in [-0.05, 0) is 57.6 Å². The van der Waals surface area contributed by atoms with Gasteiger partial charge >= 0.3 is 0 Å². The number of alkyl halides is 2. The number of hydrogen-bond acceptors (Lipinski definition) is 5. The van der Waals surface area contributed by atoms with E-state index in [0.29, 0.717) is 16.9 Å². The molecule has 1 unspecified atom stereocenters. The molecule has 2 fully saturated rings. The van der Waals surface area contributed by atoms with Gasteiger partial charge in [-0.3, -0.25) is 4.79 Å². The van der Waals surface area contributed by atoms with Crippen molar-refractivity contribution in [1.29, 1.82) is 0 Å². The van der Waals surface area contributed by atoms with Gasteiger partial charge in [-0.25, -0.2) is 13.8 Å². The van der Waals surface area contributed by atoms with E-state index in [-0.39, 0.29) is 36.4 Å². The van der Waals surface area contributed by atoms with E-state index in [1.165, 1.54) is 0 Å². The number of aliphatic hydroxyl groups is 1. The Morgan fingerprint density at radius 3 is 2.78 bits per heavy atom. The molecule has 2 aromatic rings. The number of carbonyl (C=O) groups is 1. The first-order valence-corrected chi connectivity index (χ1v) is 11.3. The number of benzene rings is 1. The lowest BCUT2D eigenvalue weighted by atomic mass is 9.82. The second-order valence-electron chi connectivity index (χ2n) is 9.30. The summed E-state index contributed by atoms with van der Waals surface area (Å²) in [6.07, 6.45) is 0.604. The first kappa shape index (κ1) is 23.1. The number of fused-ring (bicyclic) bond motifs is 1. The van der Waals surface area contributed by atoms with Crippen molar-refractivity contribution in [1.82, 2.24) is 15.2 Å². The molecule has 2 N–H and O–H groups in total. The van der Waals surface area contributed by atoms with Crippen molar-refractivity contribution in [2.45, 2.75) is 49.7 Å². The topological polar surface area (TPSA) is 68.7 Å². The Kier molecular flexibility index (Phi) is 6.31. The van der Waals surface area contributed by atoms with Crippen molar-refractivity contribution in [3.8, 4) is 0 Å². The fraction of sp³-hybridized carbons (Fsp3) is 0.565. The van der Waals surface area contributed by atoms with Crippen LogP contribution in [0.4, 0.5) is 14.6 Å². The second kappa shape index (κ2) is 8.72. The van der Waals surface area contributed by atoms with E-state index in [1.54, 1.807) is 12.1 Å².